The summed E-state index contributed by atoms with van der Waals surface area (Å²) in [7, 11) is 0. The molecular formula is C24H23F2N5O2. The van der Waals surface area contributed by atoms with Crippen LogP contribution < -0.4 is 10.2 Å². The van der Waals surface area contributed by atoms with E-state index in [-0.39, 0.29) is 24.6 Å². The first-order valence-corrected chi connectivity index (χ1v) is 10.8. The number of hydrogen-bond donors (Lipinski definition) is 1. The number of carbonyl (C=O) groups is 1. The van der Waals surface area contributed by atoms with Crippen LogP contribution in [0, 0.1) is 5.82 Å². The van der Waals surface area contributed by atoms with Crippen molar-refractivity contribution in [2.75, 3.05) is 30.0 Å². The lowest BCUT2D eigenvalue weighted by molar-refractivity contribution is -0.110. The molecule has 33 heavy (non-hydrogen) atoms. The van der Waals surface area contributed by atoms with Gasteiger partial charge in [0, 0.05) is 29.4 Å². The number of aromatic nitrogens is 3. The van der Waals surface area contributed by atoms with E-state index in [4.69, 9.17) is 4.74 Å². The Morgan fingerprint density at radius 3 is 2.64 bits per heavy atom. The van der Waals surface area contributed by atoms with Crippen molar-refractivity contribution in [2.24, 2.45) is 0 Å². The van der Waals surface area contributed by atoms with Gasteiger partial charge in [-0.15, -0.1) is 10.2 Å². The van der Waals surface area contributed by atoms with Gasteiger partial charge in [0.1, 0.15) is 17.8 Å². The number of halogens is 2. The Morgan fingerprint density at radius 2 is 2.00 bits per heavy atom. The van der Waals surface area contributed by atoms with Crippen LogP contribution in [0.2, 0.25) is 0 Å². The van der Waals surface area contributed by atoms with Gasteiger partial charge in [0.15, 0.2) is 0 Å². The average molecular weight is 451 g/mol. The van der Waals surface area contributed by atoms with E-state index >= 15 is 0 Å². The van der Waals surface area contributed by atoms with Crippen LogP contribution in [0.25, 0.3) is 11.3 Å². The molecule has 0 atom stereocenters. The van der Waals surface area contributed by atoms with Crippen LogP contribution in [-0.2, 0) is 14.9 Å². The van der Waals surface area contributed by atoms with E-state index < -0.39 is 17.4 Å². The topological polar surface area (TPSA) is 80.2 Å². The smallest absolute Gasteiger partial charge is 0.214 e. The fourth-order valence-corrected chi connectivity index (χ4v) is 4.39. The molecule has 0 spiro atoms. The summed E-state index contributed by atoms with van der Waals surface area (Å²) in [6.45, 7) is 1.36. The van der Waals surface area contributed by atoms with Gasteiger partial charge in [-0.25, -0.2) is 8.78 Å². The predicted molar refractivity (Wildman–Crippen MR) is 119 cm³/mol. The Morgan fingerprint density at radius 1 is 1.15 bits per heavy atom. The van der Waals surface area contributed by atoms with Crippen LogP contribution in [0.1, 0.15) is 18.5 Å². The number of anilines is 2. The summed E-state index contributed by atoms with van der Waals surface area (Å²) >= 11 is 0. The van der Waals surface area contributed by atoms with Crippen molar-refractivity contribution in [3.63, 3.8) is 0 Å². The molecule has 1 amide bonds. The lowest BCUT2D eigenvalue weighted by Crippen LogP contribution is -2.49. The highest BCUT2D eigenvalue weighted by Crippen LogP contribution is 2.45. The molecule has 1 saturated carbocycles. The molecule has 2 aliphatic rings. The molecular weight excluding hydrogens is 428 g/mol. The van der Waals surface area contributed by atoms with Crippen LogP contribution in [0.5, 0.6) is 0 Å². The Hall–Kier alpha value is -3.46. The van der Waals surface area contributed by atoms with E-state index in [1.54, 1.807) is 11.0 Å². The highest BCUT2D eigenvalue weighted by atomic mass is 19.1. The molecule has 7 nitrogen and oxygen atoms in total. The van der Waals surface area contributed by atoms with Gasteiger partial charge >= 0.3 is 0 Å². The van der Waals surface area contributed by atoms with Crippen LogP contribution in [-0.4, -0.2) is 53.6 Å². The number of ether oxygens (including phenoxy) is 1. The molecule has 5 rings (SSSR count). The summed E-state index contributed by atoms with van der Waals surface area (Å²) in [5, 5.41) is 11.7. The fourth-order valence-electron chi connectivity index (χ4n) is 4.39. The second-order valence-corrected chi connectivity index (χ2v) is 8.53. The summed E-state index contributed by atoms with van der Waals surface area (Å²) in [4.78, 5) is 17.4. The Labute approximate surface area is 189 Å². The minimum atomic E-state index is -0.966. The molecule has 3 aromatic rings. The lowest BCUT2D eigenvalue weighted by Gasteiger charge is -2.44. The molecule has 1 saturated heterocycles. The number of hydrogen-bond acceptors (Lipinski definition) is 6. The SMILES string of the molecule is O=CN(c1cccc(-c2ccc(NCC3(c4ncccc4F)CC(F)C3)nn2)c1)C1COC1. The standard InChI is InChI=1S/C24H23F2N5O2/c25-17-10-24(11-17,23-20(26)5-2-8-27-23)14-28-22-7-6-21(29-30-22)16-3-1-4-18(9-16)31(15-32)19-12-33-13-19/h1-9,15,17,19H,10-14H2,(H,28,30). The first-order chi connectivity index (χ1) is 16.1. The second kappa shape index (κ2) is 8.82. The van der Waals surface area contributed by atoms with Crippen LogP contribution in [0.4, 0.5) is 20.3 Å². The molecule has 0 radical (unpaired) electrons. The number of carbonyl (C=O) groups excluding carboxylic acids is 1. The number of alkyl halides is 1. The highest BCUT2D eigenvalue weighted by Gasteiger charge is 2.48. The number of nitrogens with zero attached hydrogens (tertiary/aromatic N) is 4. The van der Waals surface area contributed by atoms with E-state index in [0.29, 0.717) is 31.3 Å². The van der Waals surface area contributed by atoms with Gasteiger partial charge in [-0.1, -0.05) is 12.1 Å². The Bertz CT molecular complexity index is 1130. The van der Waals surface area contributed by atoms with Gasteiger partial charge in [0.05, 0.1) is 30.6 Å². The third kappa shape index (κ3) is 4.16. The molecule has 2 fully saturated rings. The van der Waals surface area contributed by atoms with E-state index in [2.05, 4.69) is 20.5 Å². The fraction of sp³-hybridized carbons (Fsp3) is 0.333. The minimum Gasteiger partial charge on any atom is -0.377 e. The molecule has 0 bridgehead atoms. The van der Waals surface area contributed by atoms with Gasteiger partial charge in [-0.3, -0.25) is 9.78 Å². The van der Waals surface area contributed by atoms with Gasteiger partial charge in [-0.2, -0.15) is 0 Å². The number of nitrogens with one attached hydrogen (secondary N) is 1. The van der Waals surface area contributed by atoms with Crippen molar-refractivity contribution >= 4 is 17.9 Å². The Kier molecular flexibility index (Phi) is 5.72. The van der Waals surface area contributed by atoms with Crippen LogP contribution in [0.15, 0.2) is 54.7 Å². The summed E-state index contributed by atoms with van der Waals surface area (Å²) in [5.41, 5.74) is 1.82. The monoisotopic (exact) mass is 451 g/mol. The predicted octanol–water partition coefficient (Wildman–Crippen LogP) is 3.52. The van der Waals surface area contributed by atoms with Crippen molar-refractivity contribution in [3.8, 4) is 11.3 Å². The lowest BCUT2D eigenvalue weighted by atomic mass is 9.65. The average Bonchev–Trinajstić information content (AvgIpc) is 2.79. The van der Waals surface area contributed by atoms with Gasteiger partial charge in [0.25, 0.3) is 0 Å². The molecule has 170 valence electrons. The van der Waals surface area contributed by atoms with Crippen molar-refractivity contribution in [2.45, 2.75) is 30.5 Å². The van der Waals surface area contributed by atoms with Crippen LogP contribution in [0.3, 0.4) is 0 Å². The quantitative estimate of drug-likeness (QED) is 0.528. The van der Waals surface area contributed by atoms with Crippen LogP contribution >= 0.6 is 0 Å². The number of benzene rings is 1. The zero-order chi connectivity index (χ0) is 22.8. The molecule has 0 unspecified atom stereocenters. The molecule has 1 aromatic carbocycles. The van der Waals surface area contributed by atoms with Gasteiger partial charge < -0.3 is 15.0 Å². The first-order valence-electron chi connectivity index (χ1n) is 10.8. The summed E-state index contributed by atoms with van der Waals surface area (Å²) in [5.74, 6) is 0.0828. The number of rotatable bonds is 8. The first kappa shape index (κ1) is 21.4. The molecule has 9 heteroatoms. The molecule has 2 aromatic heterocycles. The number of pyridine rings is 1. The van der Waals surface area contributed by atoms with Crippen molar-refractivity contribution in [3.05, 3.63) is 66.2 Å². The number of amides is 1. The van der Waals surface area contributed by atoms with Gasteiger partial charge in [-0.05, 0) is 49.2 Å². The summed E-state index contributed by atoms with van der Waals surface area (Å²) in [6, 6.07) is 14.0. The van der Waals surface area contributed by atoms with E-state index in [9.17, 15) is 13.6 Å². The van der Waals surface area contributed by atoms with Crippen molar-refractivity contribution in [1.29, 1.82) is 0 Å². The maximum Gasteiger partial charge on any atom is 0.214 e. The van der Waals surface area contributed by atoms with Crippen molar-refractivity contribution < 1.29 is 18.3 Å². The molecule has 1 N–H and O–H groups in total. The maximum absolute atomic E-state index is 14.3. The molecule has 1 aliphatic heterocycles. The Balaban J connectivity index is 1.30. The zero-order valence-corrected chi connectivity index (χ0v) is 17.8. The minimum absolute atomic E-state index is 0.0436. The highest BCUT2D eigenvalue weighted by molar-refractivity contribution is 5.79. The van der Waals surface area contributed by atoms with E-state index in [1.807, 2.05) is 30.3 Å². The van der Waals surface area contributed by atoms with E-state index in [1.165, 1.54) is 18.3 Å². The third-order valence-electron chi connectivity index (χ3n) is 6.33. The van der Waals surface area contributed by atoms with Crippen molar-refractivity contribution in [1.82, 2.24) is 15.2 Å². The largest absolute Gasteiger partial charge is 0.377 e. The normalized spacial score (nSPS) is 22.2. The summed E-state index contributed by atoms with van der Waals surface area (Å²) in [6.07, 6.45) is 1.80. The van der Waals surface area contributed by atoms with E-state index in [0.717, 1.165) is 17.7 Å². The summed E-state index contributed by atoms with van der Waals surface area (Å²) < 4.78 is 33.3. The molecule has 3 heterocycles. The second-order valence-electron chi connectivity index (χ2n) is 8.53. The van der Waals surface area contributed by atoms with Gasteiger partial charge in [0.2, 0.25) is 6.41 Å². The molecule has 1 aliphatic carbocycles. The maximum atomic E-state index is 14.3. The zero-order valence-electron chi connectivity index (χ0n) is 17.8. The third-order valence-corrected chi connectivity index (χ3v) is 6.33.